The summed E-state index contributed by atoms with van der Waals surface area (Å²) >= 11 is 5.73. The summed E-state index contributed by atoms with van der Waals surface area (Å²) in [6, 6.07) is 6.60. The maximum Gasteiger partial charge on any atom is 0.316 e. The van der Waals surface area contributed by atoms with Crippen molar-refractivity contribution in [3.63, 3.8) is 0 Å². The lowest BCUT2D eigenvalue weighted by molar-refractivity contribution is -0.140. The minimum atomic E-state index is -0.469. The molecule has 0 bridgehead atoms. The van der Waals surface area contributed by atoms with E-state index in [0.717, 1.165) is 0 Å². The van der Waals surface area contributed by atoms with Gasteiger partial charge >= 0.3 is 5.97 Å². The van der Waals surface area contributed by atoms with Crippen LogP contribution in [0.5, 0.6) is 5.75 Å². The number of rotatable bonds is 4. The number of hydrogen-bond donors (Lipinski definition) is 1. The van der Waals surface area contributed by atoms with Crippen molar-refractivity contribution in [2.75, 3.05) is 6.61 Å². The van der Waals surface area contributed by atoms with Gasteiger partial charge in [-0.2, -0.15) is 0 Å². The summed E-state index contributed by atoms with van der Waals surface area (Å²) in [5, 5.41) is 9.41. The molecule has 0 aliphatic rings. The predicted octanol–water partition coefficient (Wildman–Crippen LogP) is 2.26. The molecule has 0 saturated carbocycles. The fourth-order valence-electron chi connectivity index (χ4n) is 1.10. The quantitative estimate of drug-likeness (QED) is 0.635. The van der Waals surface area contributed by atoms with E-state index in [1.807, 2.05) is 6.92 Å². The highest BCUT2D eigenvalue weighted by Crippen LogP contribution is 2.18. The molecule has 1 N–H and O–H groups in total. The van der Waals surface area contributed by atoms with Crippen LogP contribution in [0.4, 0.5) is 0 Å². The van der Waals surface area contributed by atoms with E-state index in [9.17, 15) is 4.79 Å². The maximum atomic E-state index is 11.5. The average Bonchev–Trinajstić information content (AvgIpc) is 2.19. The Balaban J connectivity index is 2.65. The maximum absolute atomic E-state index is 11.5. The average molecular weight is 229 g/mol. The van der Waals surface area contributed by atoms with Gasteiger partial charge in [-0.15, -0.1) is 0 Å². The molecular formula is C11H13ClO3. The van der Waals surface area contributed by atoms with E-state index in [4.69, 9.17) is 21.4 Å². The van der Waals surface area contributed by atoms with Gasteiger partial charge < -0.3 is 9.84 Å². The van der Waals surface area contributed by atoms with Gasteiger partial charge in [0, 0.05) is 5.02 Å². The molecule has 0 amide bonds. The minimum Gasteiger partial charge on any atom is -0.426 e. The number of benzene rings is 1. The number of esters is 1. The molecule has 1 aromatic carbocycles. The van der Waals surface area contributed by atoms with Gasteiger partial charge in [0.25, 0.3) is 0 Å². The van der Waals surface area contributed by atoms with E-state index in [0.29, 0.717) is 17.2 Å². The van der Waals surface area contributed by atoms with Gasteiger partial charge in [0.15, 0.2) is 0 Å². The summed E-state index contributed by atoms with van der Waals surface area (Å²) < 4.78 is 5.06. The lowest BCUT2D eigenvalue weighted by atomic mass is 10.1. The monoisotopic (exact) mass is 228 g/mol. The largest absolute Gasteiger partial charge is 0.426 e. The van der Waals surface area contributed by atoms with Crippen molar-refractivity contribution in [3.05, 3.63) is 29.3 Å². The van der Waals surface area contributed by atoms with Crippen LogP contribution in [0.2, 0.25) is 5.02 Å². The Labute approximate surface area is 93.6 Å². The first kappa shape index (κ1) is 12.0. The minimum absolute atomic E-state index is 0.199. The number of carbonyl (C=O) groups is 1. The molecule has 0 aromatic heterocycles. The lowest BCUT2D eigenvalue weighted by Gasteiger charge is -2.10. The molecular weight excluding hydrogens is 216 g/mol. The normalized spacial score (nSPS) is 12.2. The first-order chi connectivity index (χ1) is 7.17. The number of carbonyl (C=O) groups excluding carboxylic acids is 1. The number of aliphatic hydroxyl groups is 1. The Morgan fingerprint density at radius 1 is 1.60 bits per heavy atom. The number of aliphatic hydroxyl groups excluding tert-OH is 1. The highest BCUT2D eigenvalue weighted by Gasteiger charge is 2.17. The van der Waals surface area contributed by atoms with Gasteiger partial charge in [0.05, 0.1) is 12.5 Å². The highest BCUT2D eigenvalue weighted by atomic mass is 35.5. The smallest absolute Gasteiger partial charge is 0.316 e. The zero-order valence-electron chi connectivity index (χ0n) is 8.44. The Bertz CT molecular complexity index is 334. The number of halogens is 1. The molecule has 1 rings (SSSR count). The molecule has 1 unspecified atom stereocenters. The third kappa shape index (κ3) is 3.53. The van der Waals surface area contributed by atoms with Crippen molar-refractivity contribution in [2.45, 2.75) is 13.3 Å². The van der Waals surface area contributed by atoms with E-state index >= 15 is 0 Å². The molecule has 0 aliphatic carbocycles. The molecule has 0 heterocycles. The molecule has 3 nitrogen and oxygen atoms in total. The molecule has 82 valence electrons. The molecule has 1 atom stereocenters. The summed E-state index contributed by atoms with van der Waals surface area (Å²) in [4.78, 5) is 11.5. The molecule has 0 aliphatic heterocycles. The molecule has 0 radical (unpaired) electrons. The second-order valence-electron chi connectivity index (χ2n) is 3.17. The van der Waals surface area contributed by atoms with Crippen LogP contribution in [-0.4, -0.2) is 17.7 Å². The molecule has 4 heteroatoms. The fraction of sp³-hybridized carbons (Fsp3) is 0.364. The second-order valence-corrected chi connectivity index (χ2v) is 3.60. The number of ether oxygens (including phenoxy) is 1. The third-order valence-corrected chi connectivity index (χ3v) is 2.30. The zero-order chi connectivity index (χ0) is 11.3. The summed E-state index contributed by atoms with van der Waals surface area (Å²) in [7, 11) is 0. The highest BCUT2D eigenvalue weighted by molar-refractivity contribution is 6.30. The number of hydrogen-bond acceptors (Lipinski definition) is 3. The van der Waals surface area contributed by atoms with Crippen molar-refractivity contribution >= 4 is 17.6 Å². The van der Waals surface area contributed by atoms with Crippen LogP contribution >= 0.6 is 11.6 Å². The Hall–Kier alpha value is -1.06. The molecule has 0 fully saturated rings. The van der Waals surface area contributed by atoms with E-state index in [-0.39, 0.29) is 6.61 Å². The summed E-state index contributed by atoms with van der Waals surface area (Å²) in [5.74, 6) is -0.495. The van der Waals surface area contributed by atoms with E-state index < -0.39 is 11.9 Å². The summed E-state index contributed by atoms with van der Waals surface area (Å²) in [6.07, 6.45) is 0.551. The van der Waals surface area contributed by atoms with Gasteiger partial charge in [-0.05, 0) is 24.6 Å². The lowest BCUT2D eigenvalue weighted by Crippen LogP contribution is -2.22. The molecule has 1 aromatic rings. The van der Waals surface area contributed by atoms with Gasteiger partial charge in [0.1, 0.15) is 5.75 Å². The van der Waals surface area contributed by atoms with Gasteiger partial charge in [0.2, 0.25) is 0 Å². The first-order valence-electron chi connectivity index (χ1n) is 4.75. The topological polar surface area (TPSA) is 46.5 Å². The van der Waals surface area contributed by atoms with Crippen LogP contribution in [0.1, 0.15) is 13.3 Å². The second kappa shape index (κ2) is 5.73. The fourth-order valence-corrected chi connectivity index (χ4v) is 1.28. The van der Waals surface area contributed by atoms with Crippen molar-refractivity contribution in [2.24, 2.45) is 5.92 Å². The summed E-state index contributed by atoms with van der Waals surface area (Å²) in [6.45, 7) is 1.62. The zero-order valence-corrected chi connectivity index (χ0v) is 9.20. The van der Waals surface area contributed by atoms with Crippen LogP contribution in [0.3, 0.4) is 0 Å². The molecule has 0 spiro atoms. The van der Waals surface area contributed by atoms with Crippen molar-refractivity contribution in [3.8, 4) is 5.75 Å². The van der Waals surface area contributed by atoms with Crippen LogP contribution in [0.25, 0.3) is 0 Å². The van der Waals surface area contributed by atoms with E-state index in [1.54, 1.807) is 24.3 Å². The van der Waals surface area contributed by atoms with Crippen molar-refractivity contribution in [1.29, 1.82) is 0 Å². The van der Waals surface area contributed by atoms with Crippen LogP contribution < -0.4 is 4.74 Å². The van der Waals surface area contributed by atoms with E-state index in [1.165, 1.54) is 0 Å². The van der Waals surface area contributed by atoms with Gasteiger partial charge in [-0.3, -0.25) is 4.79 Å². The van der Waals surface area contributed by atoms with Crippen LogP contribution in [-0.2, 0) is 4.79 Å². The third-order valence-electron chi connectivity index (χ3n) is 2.06. The van der Waals surface area contributed by atoms with Gasteiger partial charge in [-0.25, -0.2) is 0 Å². The van der Waals surface area contributed by atoms with Crippen molar-refractivity contribution in [1.82, 2.24) is 0 Å². The van der Waals surface area contributed by atoms with E-state index in [2.05, 4.69) is 0 Å². The summed E-state index contributed by atoms with van der Waals surface area (Å²) in [5.41, 5.74) is 0. The van der Waals surface area contributed by atoms with Crippen LogP contribution in [0, 0.1) is 5.92 Å². The Kier molecular flexibility index (Phi) is 4.59. The first-order valence-corrected chi connectivity index (χ1v) is 5.13. The van der Waals surface area contributed by atoms with Crippen LogP contribution in [0.15, 0.2) is 24.3 Å². The predicted molar refractivity (Wildman–Crippen MR) is 58.0 cm³/mol. The Morgan fingerprint density at radius 2 is 2.33 bits per heavy atom. The van der Waals surface area contributed by atoms with Gasteiger partial charge in [-0.1, -0.05) is 24.6 Å². The molecule has 0 saturated heterocycles. The standard InChI is InChI=1S/C11H13ClO3/c1-2-8(7-13)11(14)15-10-5-3-4-9(12)6-10/h3-6,8,13H,2,7H2,1H3. The Morgan fingerprint density at radius 3 is 2.87 bits per heavy atom. The molecule has 15 heavy (non-hydrogen) atoms. The van der Waals surface area contributed by atoms with Crippen molar-refractivity contribution < 1.29 is 14.6 Å². The SMILES string of the molecule is CCC(CO)C(=O)Oc1cccc(Cl)c1.